The van der Waals surface area contributed by atoms with Gasteiger partial charge in [0.25, 0.3) is 17.9 Å². The number of carboxylic acids is 1. The fourth-order valence-corrected chi connectivity index (χ4v) is 22.0. The van der Waals surface area contributed by atoms with Gasteiger partial charge in [0.1, 0.15) is 43.4 Å². The summed E-state index contributed by atoms with van der Waals surface area (Å²) in [5.74, 6) is -4.37. The fourth-order valence-electron chi connectivity index (χ4n) is 20.2. The van der Waals surface area contributed by atoms with Gasteiger partial charge >= 0.3 is 12.1 Å². The zero-order chi connectivity index (χ0) is 88.2. The molecule has 37 nitrogen and oxygen atoms in total. The lowest BCUT2D eigenvalue weighted by molar-refractivity contribution is -0.294. The first-order valence-electron chi connectivity index (χ1n) is 42.0. The number of amides is 4. The van der Waals surface area contributed by atoms with Crippen molar-refractivity contribution in [2.75, 3.05) is 95.4 Å². The number of carbonyl (C=O) groups excluding carboxylic acids is 7. The van der Waals surface area contributed by atoms with Crippen molar-refractivity contribution < 1.29 is 97.8 Å². The Bertz CT molecular complexity index is 5220. The van der Waals surface area contributed by atoms with Gasteiger partial charge in [0.2, 0.25) is 17.8 Å². The fraction of sp³-hybridized carbons (Fsp3) is 0.553. The predicted molar refractivity (Wildman–Crippen MR) is 453 cm³/mol. The Balaban J connectivity index is 0.587. The van der Waals surface area contributed by atoms with Gasteiger partial charge < -0.3 is 85.7 Å². The summed E-state index contributed by atoms with van der Waals surface area (Å²) in [6.07, 6.45) is -0.636. The Hall–Kier alpha value is -10.0. The van der Waals surface area contributed by atoms with Gasteiger partial charge in [-0.1, -0.05) is 95.3 Å². The predicted octanol–water partition coefficient (Wildman–Crippen LogP) is 2.16. The maximum Gasteiger partial charge on any atom is 0.426 e. The summed E-state index contributed by atoms with van der Waals surface area (Å²) in [6.45, 7) is 8.45. The molecule has 666 valence electrons. The highest BCUT2D eigenvalue weighted by Crippen LogP contribution is 2.68. The van der Waals surface area contributed by atoms with Crippen LogP contribution >= 0.6 is 21.6 Å². The lowest BCUT2D eigenvalue weighted by Crippen LogP contribution is -2.82. The van der Waals surface area contributed by atoms with E-state index >= 15 is 4.79 Å². The molecule has 7 aromatic rings. The van der Waals surface area contributed by atoms with Crippen LogP contribution in [0.5, 0.6) is 5.75 Å². The van der Waals surface area contributed by atoms with Crippen LogP contribution in [0.1, 0.15) is 135 Å². The number of para-hydroxylation sites is 1. The van der Waals surface area contributed by atoms with Crippen LogP contribution in [0.4, 0.5) is 16.4 Å². The van der Waals surface area contributed by atoms with E-state index in [4.69, 9.17) is 29.4 Å². The number of nitrogens with two attached hydrogens (primary N) is 1. The number of likely N-dealkylation sites (N-methyl/N-ethyl adjacent to an activating group) is 1. The molecule has 3 saturated heterocycles. The number of hydrogen-bond donors (Lipinski definition) is 14. The highest BCUT2D eigenvalue weighted by Gasteiger charge is 2.79. The van der Waals surface area contributed by atoms with Crippen molar-refractivity contribution in [1.29, 1.82) is 0 Å². The van der Waals surface area contributed by atoms with Crippen molar-refractivity contribution in [3.8, 4) is 5.75 Å². The normalized spacial score (nSPS) is 27.8. The third-order valence-electron chi connectivity index (χ3n) is 26.1. The smallest absolute Gasteiger partial charge is 0.426 e. The molecular formula is C85H108N16O21S2. The Morgan fingerprint density at radius 3 is 2.43 bits per heavy atom. The highest BCUT2D eigenvalue weighted by atomic mass is 33.1. The Labute approximate surface area is 721 Å². The van der Waals surface area contributed by atoms with Crippen molar-refractivity contribution in [3.05, 3.63) is 140 Å². The molecule has 1 aliphatic carbocycles. The van der Waals surface area contributed by atoms with E-state index in [1.807, 2.05) is 67.3 Å². The van der Waals surface area contributed by atoms with Gasteiger partial charge in [0.15, 0.2) is 40.7 Å². The SMILES string of the molecule is CC[C@]1(O)C[C@H]2CN(CCc3c([nH]c4ccccc34)[C@@](COC=O)(c3cc4c(cc3OC)N(C)[C@H]3[C@@](O)(C(=O)NNC(=O)OCCSSCCNC(=O)[C@@H](CC(=O)[C@H](C)NC(=O)CCCCC(=O)c5ccc(CCc6cnc7nc(N)[nH]c(=O)c7n6)cc5)Cc5cn(CCO[C@@H]6OC(C(=O)O)[C@@H](O)[C@H](O)C6O)nn5)[C@H](O)[C@]5(CC)C=CCN6CC[C@]43[C@@H]65)C2)C1. The lowest BCUT2D eigenvalue weighted by Gasteiger charge is -2.63. The third-order valence-corrected chi connectivity index (χ3v) is 28.5. The van der Waals surface area contributed by atoms with E-state index < -0.39 is 129 Å². The topological polar surface area (TPSA) is 526 Å². The van der Waals surface area contributed by atoms with Crippen LogP contribution in [-0.4, -0.2) is 284 Å². The van der Waals surface area contributed by atoms with E-state index in [0.717, 1.165) is 33.3 Å². The Morgan fingerprint density at radius 2 is 1.66 bits per heavy atom. The van der Waals surface area contributed by atoms with Crippen molar-refractivity contribution in [2.24, 2.45) is 17.3 Å². The van der Waals surface area contributed by atoms with Gasteiger partial charge in [0, 0.05) is 140 Å². The number of methoxy groups -OCH3 is 1. The minimum atomic E-state index is -2.62. The number of fused-ring (bicyclic) bond motifs is 7. The number of hydrazine groups is 1. The lowest BCUT2D eigenvalue weighted by atomic mass is 9.47. The van der Waals surface area contributed by atoms with Crippen molar-refractivity contribution in [2.45, 2.75) is 194 Å². The number of piperidine rings is 1. The van der Waals surface area contributed by atoms with Crippen LogP contribution in [-0.2, 0) is 90.8 Å². The Kier molecular flexibility index (Phi) is 27.7. The molecule has 4 fully saturated rings. The summed E-state index contributed by atoms with van der Waals surface area (Å²) in [4.78, 5) is 146. The molecule has 15 N–H and O–H groups in total. The van der Waals surface area contributed by atoms with E-state index in [0.29, 0.717) is 137 Å². The van der Waals surface area contributed by atoms with Crippen molar-refractivity contribution in [3.63, 3.8) is 0 Å². The molecule has 0 radical (unpaired) electrons. The van der Waals surface area contributed by atoms with Gasteiger partial charge in [-0.25, -0.2) is 29.7 Å². The number of Topliss-reactive ketones (excluding diaryl/α,β-unsaturated/α-hetero) is 2. The van der Waals surface area contributed by atoms with E-state index in [-0.39, 0.29) is 98.9 Å². The average Bonchev–Trinajstić information content (AvgIpc) is 1.47. The number of aliphatic hydroxyl groups excluding tert-OH is 4. The van der Waals surface area contributed by atoms with E-state index in [1.54, 1.807) is 26.3 Å². The standard InChI is InChI=1S/C85H108N16O21S2/c1-6-81(116)39-49-40-83(45-119-46-102,69-55(23-28-99(42-49)44-81)54-13-8-9-14-58(54)91-69)57-37-56-59(38-62(57)118-5)98(4)76-84(56)25-29-100-27-12-24-82(7-2,75(84)100)77(113)85(76,117)78(114)95-96-80(115)121-32-34-124-123-33-26-87-71(109)51(35-53-43-101(97-94-53)30-31-120-74-67(108)65(106)66(107)68(122-74)73(111)112)36-61(104)47(3)89-63(105)16-11-10-15-60(103)50-20-17-48(18-21-50)19-22-52-41-88-70-64(90-52)72(110)93-79(86)92-70/h8-9,12-14,17-18,20-21,24,37-38,41,43,46-47,49,51,65-68,74-77,91,106-108,113,116-117H,6-7,10-11,15-16,19,22-23,25-36,39-40,42,44-45H2,1-5H3,(H,87,109)(H,89,105)(H,95,114)(H,96,115)(H,111,112)(H3,86,88,92,93,110)/t47-,49+,51+,65-,66-,67?,68?,74+,75-,76+,77+,81-,82+,83-,84+,85-/m0/s1. The number of rotatable bonds is 36. The molecule has 17 atom stereocenters. The quantitative estimate of drug-likeness (QED) is 0.00668. The van der Waals surface area contributed by atoms with Crippen LogP contribution < -0.4 is 42.4 Å². The number of ketones is 2. The van der Waals surface area contributed by atoms with Crippen LogP contribution in [0.3, 0.4) is 0 Å². The molecule has 4 aromatic heterocycles. The monoisotopic (exact) mass is 1750 g/mol. The zero-order valence-electron chi connectivity index (χ0n) is 69.7. The number of nitrogens with one attached hydrogen (secondary N) is 6. The largest absolute Gasteiger partial charge is 0.496 e. The minimum Gasteiger partial charge on any atom is -0.496 e. The second-order valence-electron chi connectivity index (χ2n) is 33.6. The second kappa shape index (κ2) is 38.0. The number of carbonyl (C=O) groups is 8. The van der Waals surface area contributed by atoms with Gasteiger partial charge in [-0.15, -0.1) is 5.10 Å². The van der Waals surface area contributed by atoms with Gasteiger partial charge in [0.05, 0.1) is 66.9 Å². The number of nitrogen functional groups attached to an aromatic ring is 1. The Morgan fingerprint density at radius 1 is 0.879 bits per heavy atom. The number of nitrogens with zero attached hydrogens (tertiary/aromatic N) is 9. The van der Waals surface area contributed by atoms with Gasteiger partial charge in [-0.3, -0.25) is 53.8 Å². The summed E-state index contributed by atoms with van der Waals surface area (Å²) in [5.41, 5.74) is 10.4. The van der Waals surface area contributed by atoms with E-state index in [2.05, 4.69) is 78.6 Å². The highest BCUT2D eigenvalue weighted by molar-refractivity contribution is 8.76. The number of aliphatic carboxylic acids is 1. The molecule has 3 aromatic carbocycles. The maximum absolute atomic E-state index is 15.4. The number of aryl methyl sites for hydroxylation is 2. The van der Waals surface area contributed by atoms with Crippen molar-refractivity contribution in [1.82, 2.24) is 71.2 Å². The van der Waals surface area contributed by atoms with Crippen molar-refractivity contribution >= 4 is 103 Å². The summed E-state index contributed by atoms with van der Waals surface area (Å²) in [6, 6.07) is 16.7. The number of anilines is 2. The van der Waals surface area contributed by atoms with Crippen LogP contribution in [0.15, 0.2) is 90.0 Å². The molecule has 14 rings (SSSR count). The summed E-state index contributed by atoms with van der Waals surface area (Å²) >= 11 is 0. The molecule has 4 amide bonds. The summed E-state index contributed by atoms with van der Waals surface area (Å²) in [5, 5.41) is 94.2. The maximum atomic E-state index is 15.4. The number of H-pyrrole nitrogens is 2. The molecule has 1 saturated carbocycles. The molecule has 7 aliphatic rings. The van der Waals surface area contributed by atoms with Gasteiger partial charge in [-0.2, -0.15) is 4.98 Å². The molecule has 10 heterocycles. The second-order valence-corrected chi connectivity index (χ2v) is 36.3. The average molecular weight is 1750 g/mol. The van der Waals surface area contributed by atoms with E-state index in [1.165, 1.54) is 45.6 Å². The van der Waals surface area contributed by atoms with Crippen LogP contribution in [0, 0.1) is 17.3 Å². The van der Waals surface area contributed by atoms with Crippen LogP contribution in [0.25, 0.3) is 22.1 Å². The molecule has 1 spiro atoms. The number of benzene rings is 3. The minimum absolute atomic E-state index is 0.00720. The molecule has 2 bridgehead atoms. The van der Waals surface area contributed by atoms with Crippen LogP contribution in [0.2, 0.25) is 0 Å². The molecular weight excluding hydrogens is 1650 g/mol. The summed E-state index contributed by atoms with van der Waals surface area (Å²) in [7, 11) is 6.02. The zero-order valence-corrected chi connectivity index (χ0v) is 71.3. The number of aliphatic hydroxyl groups is 6. The molecule has 39 heteroatoms. The number of hydrogen-bond acceptors (Lipinski definition) is 31. The number of aromatic nitrogens is 8. The third kappa shape index (κ3) is 18.0. The number of carboxylic acid groups (broad SMARTS) is 1. The molecule has 6 aliphatic heterocycles. The first-order chi connectivity index (χ1) is 59.5. The molecule has 124 heavy (non-hydrogen) atoms. The number of unbranched alkanes of at least 4 members (excludes halogenated alkanes) is 1. The first-order valence-corrected chi connectivity index (χ1v) is 44.5. The first kappa shape index (κ1) is 90.2. The summed E-state index contributed by atoms with van der Waals surface area (Å²) < 4.78 is 30.1. The van der Waals surface area contributed by atoms with Gasteiger partial charge in [-0.05, 0) is 112 Å². The number of ether oxygens (including phenoxy) is 5. The number of aromatic amines is 2. The molecule has 3 unspecified atom stereocenters. The van der Waals surface area contributed by atoms with E-state index in [9.17, 15) is 74.1 Å².